The monoisotopic (exact) mass is 435 g/mol. The van der Waals surface area contributed by atoms with Crippen LogP contribution in [0.25, 0.3) is 0 Å². The number of hydrogen-bond acceptors (Lipinski definition) is 8. The number of para-hydroxylation sites is 1. The number of nitrogen functional groups attached to an aromatic ring is 2. The molecule has 1 amide bonds. The maximum Gasteiger partial charge on any atom is 0.258 e. The molecule has 11 heteroatoms. The highest BCUT2D eigenvalue weighted by Crippen LogP contribution is 2.32. The fourth-order valence-corrected chi connectivity index (χ4v) is 4.21. The van der Waals surface area contributed by atoms with Gasteiger partial charge in [0.2, 0.25) is 11.1 Å². The van der Waals surface area contributed by atoms with Crippen molar-refractivity contribution in [3.05, 3.63) is 59.1 Å². The van der Waals surface area contributed by atoms with Crippen LogP contribution in [-0.2, 0) is 10.5 Å². The lowest BCUT2D eigenvalue weighted by molar-refractivity contribution is -0.113. The molecule has 0 aliphatic carbocycles. The number of anilines is 2. The summed E-state index contributed by atoms with van der Waals surface area (Å²) in [5.74, 6) is 11.9. The molecule has 3 rings (SSSR count). The summed E-state index contributed by atoms with van der Waals surface area (Å²) in [6.45, 7) is 0. The highest BCUT2D eigenvalue weighted by molar-refractivity contribution is 7.99. The molecule has 1 heterocycles. The van der Waals surface area contributed by atoms with E-state index in [1.807, 2.05) is 48.5 Å². The Labute approximate surface area is 175 Å². The molecule has 8 nitrogen and oxygen atoms in total. The SMILES string of the molecule is NNc1nnc(SCC(=O)Nc2ccccc2SCc2ccccc2Cl)n1N. The van der Waals surface area contributed by atoms with E-state index in [0.29, 0.717) is 10.9 Å². The number of hydrogen-bond donors (Lipinski definition) is 4. The maximum absolute atomic E-state index is 12.4. The van der Waals surface area contributed by atoms with E-state index in [1.54, 1.807) is 11.8 Å². The first kappa shape index (κ1) is 20.3. The van der Waals surface area contributed by atoms with E-state index in [-0.39, 0.29) is 17.6 Å². The molecule has 146 valence electrons. The zero-order chi connectivity index (χ0) is 19.9. The molecule has 0 aliphatic rings. The van der Waals surface area contributed by atoms with Crippen LogP contribution in [0.4, 0.5) is 11.6 Å². The summed E-state index contributed by atoms with van der Waals surface area (Å²) in [5.41, 5.74) is 4.10. The van der Waals surface area contributed by atoms with Crippen LogP contribution in [-0.4, -0.2) is 26.5 Å². The van der Waals surface area contributed by atoms with Crippen molar-refractivity contribution in [2.45, 2.75) is 15.8 Å². The Balaban J connectivity index is 1.60. The van der Waals surface area contributed by atoms with Gasteiger partial charge in [-0.05, 0) is 23.8 Å². The van der Waals surface area contributed by atoms with Gasteiger partial charge in [0, 0.05) is 15.7 Å². The van der Waals surface area contributed by atoms with E-state index in [0.717, 1.165) is 32.9 Å². The number of thioether (sulfide) groups is 2. The van der Waals surface area contributed by atoms with Crippen LogP contribution < -0.4 is 22.4 Å². The summed E-state index contributed by atoms with van der Waals surface area (Å²) in [4.78, 5) is 13.3. The van der Waals surface area contributed by atoms with Gasteiger partial charge in [-0.15, -0.1) is 22.0 Å². The van der Waals surface area contributed by atoms with Gasteiger partial charge in [-0.1, -0.05) is 53.7 Å². The molecule has 2 aromatic carbocycles. The van der Waals surface area contributed by atoms with Crippen LogP contribution in [0.2, 0.25) is 5.02 Å². The minimum atomic E-state index is -0.180. The van der Waals surface area contributed by atoms with Crippen LogP contribution >= 0.6 is 35.1 Å². The second-order valence-corrected chi connectivity index (χ2v) is 7.90. The molecule has 0 unspecified atom stereocenters. The summed E-state index contributed by atoms with van der Waals surface area (Å²) >= 11 is 8.98. The van der Waals surface area contributed by atoms with Gasteiger partial charge < -0.3 is 11.2 Å². The van der Waals surface area contributed by atoms with Crippen molar-refractivity contribution in [3.63, 3.8) is 0 Å². The fraction of sp³-hybridized carbons (Fsp3) is 0.118. The summed E-state index contributed by atoms with van der Waals surface area (Å²) < 4.78 is 1.19. The van der Waals surface area contributed by atoms with E-state index < -0.39 is 0 Å². The van der Waals surface area contributed by atoms with Crippen LogP contribution in [0.1, 0.15) is 5.56 Å². The average Bonchev–Trinajstić information content (AvgIpc) is 3.06. The van der Waals surface area contributed by atoms with E-state index in [2.05, 4.69) is 20.9 Å². The van der Waals surface area contributed by atoms with Gasteiger partial charge in [-0.25, -0.2) is 10.5 Å². The number of rotatable bonds is 8. The zero-order valence-corrected chi connectivity index (χ0v) is 17.0. The molecule has 0 atom stereocenters. The van der Waals surface area contributed by atoms with Crippen LogP contribution in [0.15, 0.2) is 58.6 Å². The second kappa shape index (κ2) is 9.69. The largest absolute Gasteiger partial charge is 0.334 e. The number of amides is 1. The van der Waals surface area contributed by atoms with Crippen molar-refractivity contribution in [1.82, 2.24) is 14.9 Å². The van der Waals surface area contributed by atoms with Crippen molar-refractivity contribution < 1.29 is 4.79 Å². The first-order chi connectivity index (χ1) is 13.6. The Kier molecular flexibility index (Phi) is 7.04. The molecule has 0 saturated heterocycles. The number of nitrogens with zero attached hydrogens (tertiary/aromatic N) is 3. The highest BCUT2D eigenvalue weighted by Gasteiger charge is 2.13. The molecular formula is C17H18ClN7OS2. The van der Waals surface area contributed by atoms with Gasteiger partial charge >= 0.3 is 0 Å². The van der Waals surface area contributed by atoms with E-state index in [4.69, 9.17) is 23.3 Å². The number of halogens is 1. The van der Waals surface area contributed by atoms with Crippen molar-refractivity contribution in [1.29, 1.82) is 0 Å². The van der Waals surface area contributed by atoms with Crippen molar-refractivity contribution in [2.75, 3.05) is 22.3 Å². The first-order valence-electron chi connectivity index (χ1n) is 8.13. The Morgan fingerprint density at radius 3 is 2.61 bits per heavy atom. The maximum atomic E-state index is 12.4. The van der Waals surface area contributed by atoms with Gasteiger partial charge in [0.05, 0.1) is 11.4 Å². The highest BCUT2D eigenvalue weighted by atomic mass is 35.5. The van der Waals surface area contributed by atoms with Crippen LogP contribution in [0, 0.1) is 0 Å². The molecule has 0 saturated carbocycles. The van der Waals surface area contributed by atoms with Gasteiger partial charge in [0.25, 0.3) is 5.95 Å². The zero-order valence-electron chi connectivity index (χ0n) is 14.6. The summed E-state index contributed by atoms with van der Waals surface area (Å²) in [6.07, 6.45) is 0. The van der Waals surface area contributed by atoms with Crippen molar-refractivity contribution >= 4 is 52.7 Å². The second-order valence-electron chi connectivity index (χ2n) is 5.53. The molecule has 0 fully saturated rings. The Bertz CT molecular complexity index is 966. The third kappa shape index (κ3) is 5.10. The van der Waals surface area contributed by atoms with Crippen molar-refractivity contribution in [3.8, 4) is 0 Å². The first-order valence-corrected chi connectivity index (χ1v) is 10.5. The minimum absolute atomic E-state index is 0.128. The Morgan fingerprint density at radius 2 is 1.86 bits per heavy atom. The van der Waals surface area contributed by atoms with E-state index >= 15 is 0 Å². The standard InChI is InChI=1S/C17H18ClN7OS2/c18-12-6-2-1-5-11(12)9-27-14-8-4-3-7-13(14)21-15(26)10-28-17-24-23-16(22-19)25(17)20/h1-8H,9-10,19-20H2,(H,21,26)(H,22,23). The predicted molar refractivity (Wildman–Crippen MR) is 115 cm³/mol. The van der Waals surface area contributed by atoms with Gasteiger partial charge in [0.15, 0.2) is 0 Å². The third-order valence-electron chi connectivity index (χ3n) is 3.63. The van der Waals surface area contributed by atoms with Crippen LogP contribution in [0.5, 0.6) is 0 Å². The van der Waals surface area contributed by atoms with E-state index in [9.17, 15) is 4.79 Å². The lowest BCUT2D eigenvalue weighted by Gasteiger charge is -2.11. The van der Waals surface area contributed by atoms with Crippen molar-refractivity contribution in [2.24, 2.45) is 5.84 Å². The van der Waals surface area contributed by atoms with Gasteiger partial charge in [-0.2, -0.15) is 0 Å². The van der Waals surface area contributed by atoms with E-state index in [1.165, 1.54) is 4.68 Å². The molecule has 0 radical (unpaired) electrons. The molecule has 0 spiro atoms. The number of benzene rings is 2. The lowest BCUT2D eigenvalue weighted by Crippen LogP contribution is -2.19. The summed E-state index contributed by atoms with van der Waals surface area (Å²) in [7, 11) is 0. The molecular weight excluding hydrogens is 418 g/mol. The average molecular weight is 436 g/mol. The quantitative estimate of drug-likeness (QED) is 0.242. The number of nitrogens with one attached hydrogen (secondary N) is 2. The lowest BCUT2D eigenvalue weighted by atomic mass is 10.2. The predicted octanol–water partition coefficient (Wildman–Crippen LogP) is 2.95. The Hall–Kier alpha value is -2.40. The molecule has 28 heavy (non-hydrogen) atoms. The number of hydrazine groups is 1. The molecule has 3 aromatic rings. The molecule has 0 aliphatic heterocycles. The number of nitrogens with two attached hydrogens (primary N) is 2. The smallest absolute Gasteiger partial charge is 0.258 e. The van der Waals surface area contributed by atoms with Crippen LogP contribution in [0.3, 0.4) is 0 Å². The topological polar surface area (TPSA) is 124 Å². The molecule has 1 aromatic heterocycles. The molecule has 0 bridgehead atoms. The number of aromatic nitrogens is 3. The van der Waals surface area contributed by atoms with Gasteiger partial charge in [0.1, 0.15) is 0 Å². The fourth-order valence-electron chi connectivity index (χ4n) is 2.26. The number of carbonyl (C=O) groups is 1. The molecule has 6 N–H and O–H groups in total. The summed E-state index contributed by atoms with van der Waals surface area (Å²) in [6, 6.07) is 15.3. The normalized spacial score (nSPS) is 10.6. The number of carbonyl (C=O) groups excluding carboxylic acids is 1. The van der Waals surface area contributed by atoms with Gasteiger partial charge in [-0.3, -0.25) is 10.2 Å². The summed E-state index contributed by atoms with van der Waals surface area (Å²) in [5, 5.41) is 11.6. The Morgan fingerprint density at radius 1 is 1.11 bits per heavy atom. The minimum Gasteiger partial charge on any atom is -0.334 e. The third-order valence-corrected chi connectivity index (χ3v) is 6.06.